The van der Waals surface area contributed by atoms with Gasteiger partial charge in [0, 0.05) is 16.2 Å². The number of rotatable bonds is 1. The molecule has 0 aliphatic rings. The molecule has 2 rings (SSSR count). The van der Waals surface area contributed by atoms with Gasteiger partial charge in [0.05, 0.1) is 7.11 Å². The highest BCUT2D eigenvalue weighted by Gasteiger charge is 2.08. The van der Waals surface area contributed by atoms with Crippen LogP contribution in [0.4, 0.5) is 4.39 Å². The Bertz CT molecular complexity index is 527. The first-order valence-electron chi connectivity index (χ1n) is 3.92. The minimum Gasteiger partial charge on any atom is -0.496 e. The van der Waals surface area contributed by atoms with E-state index in [2.05, 4.69) is 0 Å². The van der Waals surface area contributed by atoms with Gasteiger partial charge in [-0.05, 0) is 12.1 Å². The first-order valence-corrected chi connectivity index (χ1v) is 4.73. The maximum absolute atomic E-state index is 13.0. The van der Waals surface area contributed by atoms with Crippen molar-refractivity contribution in [3.8, 4) is 11.8 Å². The van der Waals surface area contributed by atoms with Gasteiger partial charge < -0.3 is 4.74 Å². The summed E-state index contributed by atoms with van der Waals surface area (Å²) in [7, 11) is 1.48. The van der Waals surface area contributed by atoms with Crippen molar-refractivity contribution in [2.45, 2.75) is 0 Å². The summed E-state index contributed by atoms with van der Waals surface area (Å²) >= 11 is 1.26. The zero-order valence-electron chi connectivity index (χ0n) is 7.37. The molecule has 0 aliphatic carbocycles. The van der Waals surface area contributed by atoms with Gasteiger partial charge in [0.25, 0.3) is 0 Å². The van der Waals surface area contributed by atoms with Gasteiger partial charge in [-0.3, -0.25) is 0 Å². The highest BCUT2D eigenvalue weighted by atomic mass is 32.1. The van der Waals surface area contributed by atoms with Crippen molar-refractivity contribution in [1.29, 1.82) is 5.26 Å². The van der Waals surface area contributed by atoms with E-state index in [9.17, 15) is 4.39 Å². The van der Waals surface area contributed by atoms with Crippen LogP contribution in [0.1, 0.15) is 4.88 Å². The molecule has 0 radical (unpaired) electrons. The average Bonchev–Trinajstić information content (AvgIpc) is 2.59. The van der Waals surface area contributed by atoms with Crippen LogP contribution in [0.25, 0.3) is 10.1 Å². The van der Waals surface area contributed by atoms with Crippen LogP contribution in [-0.4, -0.2) is 7.11 Å². The van der Waals surface area contributed by atoms with Crippen LogP contribution in [0.3, 0.4) is 0 Å². The molecule has 70 valence electrons. The van der Waals surface area contributed by atoms with Crippen LogP contribution in [0.15, 0.2) is 18.2 Å². The number of ether oxygens (including phenoxy) is 1. The average molecular weight is 207 g/mol. The molecule has 0 atom stereocenters. The van der Waals surface area contributed by atoms with E-state index in [4.69, 9.17) is 10.00 Å². The molecule has 14 heavy (non-hydrogen) atoms. The van der Waals surface area contributed by atoms with E-state index in [0.717, 1.165) is 10.1 Å². The van der Waals surface area contributed by atoms with Gasteiger partial charge in [-0.2, -0.15) is 5.26 Å². The number of thiophene rings is 1. The summed E-state index contributed by atoms with van der Waals surface area (Å²) in [6.45, 7) is 0. The van der Waals surface area contributed by atoms with E-state index >= 15 is 0 Å². The topological polar surface area (TPSA) is 33.0 Å². The standard InChI is InChI=1S/C10H6FNOS/c1-13-9-2-6(11)3-10-8(9)4-7(5-12)14-10/h2-4H,1H3. The molecule has 2 aromatic rings. The molecule has 0 fully saturated rings. The number of halogens is 1. The van der Waals surface area contributed by atoms with Gasteiger partial charge >= 0.3 is 0 Å². The zero-order valence-corrected chi connectivity index (χ0v) is 8.19. The van der Waals surface area contributed by atoms with Crippen LogP contribution in [0, 0.1) is 17.1 Å². The molecule has 0 saturated carbocycles. The molecule has 0 saturated heterocycles. The second-order valence-corrected chi connectivity index (χ2v) is 3.83. The van der Waals surface area contributed by atoms with Gasteiger partial charge in [-0.1, -0.05) is 0 Å². The molecule has 2 nitrogen and oxygen atoms in total. The third-order valence-electron chi connectivity index (χ3n) is 1.89. The lowest BCUT2D eigenvalue weighted by Gasteiger charge is -2.00. The number of benzene rings is 1. The van der Waals surface area contributed by atoms with Crippen molar-refractivity contribution in [3.63, 3.8) is 0 Å². The summed E-state index contributed by atoms with van der Waals surface area (Å²) in [4.78, 5) is 0.559. The van der Waals surface area contributed by atoms with Crippen LogP contribution in [0.2, 0.25) is 0 Å². The van der Waals surface area contributed by atoms with Gasteiger partial charge in [-0.15, -0.1) is 11.3 Å². The number of nitriles is 1. The Morgan fingerprint density at radius 1 is 1.43 bits per heavy atom. The predicted octanol–water partition coefficient (Wildman–Crippen LogP) is 2.92. The molecular formula is C10H6FNOS. The molecule has 0 bridgehead atoms. The van der Waals surface area contributed by atoms with Crippen molar-refractivity contribution in [2.24, 2.45) is 0 Å². The lowest BCUT2D eigenvalue weighted by molar-refractivity contribution is 0.416. The summed E-state index contributed by atoms with van der Waals surface area (Å²) in [6.07, 6.45) is 0. The minimum atomic E-state index is -0.347. The van der Waals surface area contributed by atoms with Gasteiger partial charge in [0.15, 0.2) is 0 Å². The van der Waals surface area contributed by atoms with Crippen molar-refractivity contribution in [2.75, 3.05) is 7.11 Å². The van der Waals surface area contributed by atoms with Gasteiger partial charge in [0.1, 0.15) is 22.5 Å². The van der Waals surface area contributed by atoms with Gasteiger partial charge in [-0.25, -0.2) is 4.39 Å². The van der Waals surface area contributed by atoms with E-state index in [1.54, 1.807) is 6.07 Å². The summed E-state index contributed by atoms with van der Waals surface area (Å²) in [5, 5.41) is 9.48. The molecule has 0 aliphatic heterocycles. The SMILES string of the molecule is COc1cc(F)cc2sc(C#N)cc12. The number of hydrogen-bond donors (Lipinski definition) is 0. The number of methoxy groups -OCH3 is 1. The summed E-state index contributed by atoms with van der Waals surface area (Å²) in [5.41, 5.74) is 0. The monoisotopic (exact) mass is 207 g/mol. The summed E-state index contributed by atoms with van der Waals surface area (Å²) in [5.74, 6) is 0.124. The molecule has 1 heterocycles. The number of fused-ring (bicyclic) bond motifs is 1. The third kappa shape index (κ3) is 1.32. The van der Waals surface area contributed by atoms with E-state index in [0.29, 0.717) is 10.6 Å². The first-order chi connectivity index (χ1) is 6.74. The van der Waals surface area contributed by atoms with Crippen LogP contribution >= 0.6 is 11.3 Å². The Labute approximate surface area is 84.2 Å². The second-order valence-electron chi connectivity index (χ2n) is 2.74. The Morgan fingerprint density at radius 2 is 2.21 bits per heavy atom. The van der Waals surface area contributed by atoms with Crippen LogP contribution in [-0.2, 0) is 0 Å². The normalized spacial score (nSPS) is 10.1. The molecule has 1 aromatic carbocycles. The third-order valence-corrected chi connectivity index (χ3v) is 2.88. The Morgan fingerprint density at radius 3 is 2.86 bits per heavy atom. The fourth-order valence-electron chi connectivity index (χ4n) is 1.30. The minimum absolute atomic E-state index is 0.347. The zero-order chi connectivity index (χ0) is 10.1. The van der Waals surface area contributed by atoms with E-state index in [-0.39, 0.29) is 5.82 Å². The maximum atomic E-state index is 13.0. The number of hydrogen-bond acceptors (Lipinski definition) is 3. The van der Waals surface area contributed by atoms with E-state index in [1.165, 1.54) is 30.6 Å². The number of nitrogens with zero attached hydrogens (tertiary/aromatic N) is 1. The van der Waals surface area contributed by atoms with E-state index < -0.39 is 0 Å². The fourth-order valence-corrected chi connectivity index (χ4v) is 2.20. The van der Waals surface area contributed by atoms with Crippen molar-refractivity contribution in [3.05, 3.63) is 28.9 Å². The second kappa shape index (κ2) is 3.28. The molecule has 0 spiro atoms. The maximum Gasteiger partial charge on any atom is 0.130 e. The predicted molar refractivity (Wildman–Crippen MR) is 53.1 cm³/mol. The van der Waals surface area contributed by atoms with Crippen LogP contribution in [0.5, 0.6) is 5.75 Å². The summed E-state index contributed by atoms with van der Waals surface area (Å²) in [6, 6.07) is 6.46. The lowest BCUT2D eigenvalue weighted by atomic mass is 10.2. The first kappa shape index (κ1) is 8.97. The Balaban J connectivity index is 2.79. The molecule has 0 amide bonds. The lowest BCUT2D eigenvalue weighted by Crippen LogP contribution is -1.84. The molecule has 0 unspecified atom stereocenters. The molecule has 1 aromatic heterocycles. The quantitative estimate of drug-likeness (QED) is 0.720. The van der Waals surface area contributed by atoms with E-state index in [1.807, 2.05) is 6.07 Å². The van der Waals surface area contributed by atoms with Crippen molar-refractivity contribution in [1.82, 2.24) is 0 Å². The van der Waals surface area contributed by atoms with Crippen LogP contribution < -0.4 is 4.74 Å². The van der Waals surface area contributed by atoms with Crippen molar-refractivity contribution >= 4 is 21.4 Å². The van der Waals surface area contributed by atoms with Gasteiger partial charge in [0.2, 0.25) is 0 Å². The Hall–Kier alpha value is -1.60. The summed E-state index contributed by atoms with van der Waals surface area (Å²) < 4.78 is 18.8. The Kier molecular flexibility index (Phi) is 2.10. The molecule has 4 heteroatoms. The van der Waals surface area contributed by atoms with Crippen molar-refractivity contribution < 1.29 is 9.13 Å². The fraction of sp³-hybridized carbons (Fsp3) is 0.100. The molecular weight excluding hydrogens is 201 g/mol. The largest absolute Gasteiger partial charge is 0.496 e. The highest BCUT2D eigenvalue weighted by Crippen LogP contribution is 2.33. The smallest absolute Gasteiger partial charge is 0.130 e. The molecule has 0 N–H and O–H groups in total. The highest BCUT2D eigenvalue weighted by molar-refractivity contribution is 7.19.